The molecule has 0 amide bonds. The smallest absolute Gasteiger partial charge is 0.333 e. The molecular weight excluding hydrogens is 188 g/mol. The van der Waals surface area contributed by atoms with E-state index in [9.17, 15) is 4.79 Å². The van der Waals surface area contributed by atoms with Gasteiger partial charge in [0.2, 0.25) is 0 Å². The molecule has 2 aliphatic rings. The molecule has 2 nitrogen and oxygen atoms in total. The predicted molar refractivity (Wildman–Crippen MR) is 59.5 cm³/mol. The van der Waals surface area contributed by atoms with Crippen LogP contribution in [0.5, 0.6) is 0 Å². The molecule has 0 aromatic carbocycles. The zero-order chi connectivity index (χ0) is 10.7. The van der Waals surface area contributed by atoms with E-state index in [4.69, 9.17) is 4.74 Å². The maximum atomic E-state index is 11.6. The van der Waals surface area contributed by atoms with E-state index in [1.54, 1.807) is 0 Å². The first kappa shape index (κ1) is 10.7. The Labute approximate surface area is 91.7 Å². The van der Waals surface area contributed by atoms with Crippen molar-refractivity contribution in [1.29, 1.82) is 0 Å². The molecule has 0 aromatic heterocycles. The number of carbonyl (C=O) groups is 1. The van der Waals surface area contributed by atoms with Crippen molar-refractivity contribution in [1.82, 2.24) is 0 Å². The van der Waals surface area contributed by atoms with Crippen LogP contribution in [0.2, 0.25) is 0 Å². The van der Waals surface area contributed by atoms with Gasteiger partial charge in [-0.1, -0.05) is 18.9 Å². The summed E-state index contributed by atoms with van der Waals surface area (Å²) in [5.74, 6) is -0.0801. The summed E-state index contributed by atoms with van der Waals surface area (Å²) in [4.78, 5) is 11.6. The Morgan fingerprint density at radius 1 is 1.40 bits per heavy atom. The number of ether oxygens (including phenoxy) is 1. The highest BCUT2D eigenvalue weighted by Crippen LogP contribution is 2.49. The highest BCUT2D eigenvalue weighted by Gasteiger charge is 2.37. The summed E-state index contributed by atoms with van der Waals surface area (Å²) >= 11 is 0. The molecular formula is C13H20O2. The number of esters is 1. The van der Waals surface area contributed by atoms with E-state index in [0.717, 1.165) is 18.4 Å². The first-order chi connectivity index (χ1) is 7.26. The lowest BCUT2D eigenvalue weighted by atomic mass is 9.73. The minimum atomic E-state index is -0.0801. The molecule has 0 bridgehead atoms. The minimum absolute atomic E-state index is 0.0801. The molecule has 0 N–H and O–H groups in total. The van der Waals surface area contributed by atoms with Gasteiger partial charge < -0.3 is 4.74 Å². The fourth-order valence-electron chi connectivity index (χ4n) is 3.05. The zero-order valence-electron chi connectivity index (χ0n) is 9.55. The van der Waals surface area contributed by atoms with Crippen molar-refractivity contribution in [3.8, 4) is 0 Å². The lowest BCUT2D eigenvalue weighted by molar-refractivity contribution is -0.139. The summed E-state index contributed by atoms with van der Waals surface area (Å²) in [5, 5.41) is 0. The molecule has 2 heteroatoms. The Morgan fingerprint density at radius 3 is 2.80 bits per heavy atom. The van der Waals surface area contributed by atoms with E-state index in [0.29, 0.717) is 12.0 Å². The second-order valence-corrected chi connectivity index (χ2v) is 4.87. The van der Waals surface area contributed by atoms with Crippen LogP contribution in [0.25, 0.3) is 0 Å². The van der Waals surface area contributed by atoms with Crippen molar-refractivity contribution in [3.63, 3.8) is 0 Å². The Hall–Kier alpha value is -0.790. The molecule has 0 heterocycles. The van der Waals surface area contributed by atoms with Gasteiger partial charge in [-0.2, -0.15) is 0 Å². The van der Waals surface area contributed by atoms with Gasteiger partial charge in [-0.25, -0.2) is 4.79 Å². The van der Waals surface area contributed by atoms with Crippen molar-refractivity contribution in [2.45, 2.75) is 51.9 Å². The lowest BCUT2D eigenvalue weighted by Crippen LogP contribution is -2.24. The quantitative estimate of drug-likeness (QED) is 0.651. The number of hydrogen-bond donors (Lipinski definition) is 0. The van der Waals surface area contributed by atoms with Gasteiger partial charge in [0, 0.05) is 5.57 Å². The second-order valence-electron chi connectivity index (χ2n) is 4.87. The molecule has 0 saturated heterocycles. The van der Waals surface area contributed by atoms with E-state index in [2.05, 4.69) is 6.08 Å². The Morgan fingerprint density at radius 2 is 2.13 bits per heavy atom. The number of allylic oxidation sites excluding steroid dienone is 1. The van der Waals surface area contributed by atoms with Gasteiger partial charge in [-0.15, -0.1) is 0 Å². The Balaban J connectivity index is 2.02. The van der Waals surface area contributed by atoms with E-state index < -0.39 is 0 Å². The highest BCUT2D eigenvalue weighted by atomic mass is 16.5. The molecule has 15 heavy (non-hydrogen) atoms. The van der Waals surface area contributed by atoms with Crippen LogP contribution < -0.4 is 0 Å². The normalized spacial score (nSPS) is 23.9. The maximum absolute atomic E-state index is 11.6. The van der Waals surface area contributed by atoms with Crippen molar-refractivity contribution in [3.05, 3.63) is 11.6 Å². The van der Waals surface area contributed by atoms with Crippen LogP contribution >= 0.6 is 0 Å². The molecule has 0 aliphatic heterocycles. The van der Waals surface area contributed by atoms with Gasteiger partial charge in [0.25, 0.3) is 0 Å². The van der Waals surface area contributed by atoms with Gasteiger partial charge >= 0.3 is 5.97 Å². The van der Waals surface area contributed by atoms with Crippen molar-refractivity contribution in [2.24, 2.45) is 5.41 Å². The summed E-state index contributed by atoms with van der Waals surface area (Å²) in [7, 11) is 0. The third-order valence-corrected chi connectivity index (χ3v) is 3.83. The molecule has 0 aromatic rings. The summed E-state index contributed by atoms with van der Waals surface area (Å²) in [6, 6.07) is 0. The van der Waals surface area contributed by atoms with Crippen LogP contribution in [-0.4, -0.2) is 12.6 Å². The fourth-order valence-corrected chi connectivity index (χ4v) is 3.05. The van der Waals surface area contributed by atoms with Gasteiger partial charge in [0.05, 0.1) is 6.61 Å². The Kier molecular flexibility index (Phi) is 3.13. The molecule has 0 unspecified atom stereocenters. The van der Waals surface area contributed by atoms with Crippen LogP contribution in [0.1, 0.15) is 51.9 Å². The van der Waals surface area contributed by atoms with Gasteiger partial charge in [-0.3, -0.25) is 0 Å². The third kappa shape index (κ3) is 2.24. The van der Waals surface area contributed by atoms with Crippen LogP contribution in [-0.2, 0) is 9.53 Å². The fraction of sp³-hybridized carbons (Fsp3) is 0.769. The van der Waals surface area contributed by atoms with Gasteiger partial charge in [-0.05, 0) is 44.4 Å². The van der Waals surface area contributed by atoms with Crippen LogP contribution in [0.15, 0.2) is 11.6 Å². The van der Waals surface area contributed by atoms with Crippen LogP contribution in [0.4, 0.5) is 0 Å². The number of hydrogen-bond acceptors (Lipinski definition) is 2. The van der Waals surface area contributed by atoms with E-state index in [1.165, 1.54) is 32.1 Å². The van der Waals surface area contributed by atoms with Crippen molar-refractivity contribution in [2.75, 3.05) is 6.61 Å². The monoisotopic (exact) mass is 208 g/mol. The highest BCUT2D eigenvalue weighted by molar-refractivity contribution is 5.88. The zero-order valence-corrected chi connectivity index (χ0v) is 9.55. The molecule has 2 rings (SSSR count). The molecule has 1 spiro atoms. The van der Waals surface area contributed by atoms with Crippen molar-refractivity contribution >= 4 is 5.97 Å². The average Bonchev–Trinajstić information content (AvgIpc) is 2.67. The number of rotatable bonds is 2. The van der Waals surface area contributed by atoms with E-state index in [-0.39, 0.29) is 5.97 Å². The molecule has 84 valence electrons. The van der Waals surface area contributed by atoms with Crippen LogP contribution in [0.3, 0.4) is 0 Å². The van der Waals surface area contributed by atoms with Crippen molar-refractivity contribution < 1.29 is 9.53 Å². The SMILES string of the molecule is CCOC(=O)C1=CCCC2(CCCC2)C1. The summed E-state index contributed by atoms with van der Waals surface area (Å²) in [6.45, 7) is 2.36. The topological polar surface area (TPSA) is 26.3 Å². The maximum Gasteiger partial charge on any atom is 0.333 e. The summed E-state index contributed by atoms with van der Waals surface area (Å²) in [5.41, 5.74) is 1.39. The minimum Gasteiger partial charge on any atom is -0.463 e. The van der Waals surface area contributed by atoms with E-state index in [1.807, 2.05) is 6.92 Å². The molecule has 2 aliphatic carbocycles. The Bertz CT molecular complexity index is 272. The lowest BCUT2D eigenvalue weighted by Gasteiger charge is -2.32. The second kappa shape index (κ2) is 4.38. The standard InChI is InChI=1S/C13H20O2/c1-2-15-12(14)11-6-5-9-13(10-11)7-3-4-8-13/h6H,2-5,7-10H2,1H3. The first-order valence-electron chi connectivity index (χ1n) is 6.12. The predicted octanol–water partition coefficient (Wildman–Crippen LogP) is 3.22. The summed E-state index contributed by atoms with van der Waals surface area (Å²) < 4.78 is 5.08. The molecule has 0 radical (unpaired) electrons. The third-order valence-electron chi connectivity index (χ3n) is 3.83. The van der Waals surface area contributed by atoms with Gasteiger partial charge in [0.15, 0.2) is 0 Å². The summed E-state index contributed by atoms with van der Waals surface area (Å²) in [6.07, 6.45) is 10.7. The van der Waals surface area contributed by atoms with Crippen LogP contribution in [0, 0.1) is 5.41 Å². The first-order valence-corrected chi connectivity index (χ1v) is 6.12. The molecule has 1 saturated carbocycles. The largest absolute Gasteiger partial charge is 0.463 e. The van der Waals surface area contributed by atoms with Gasteiger partial charge in [0.1, 0.15) is 0 Å². The molecule has 0 atom stereocenters. The number of carbonyl (C=O) groups excluding carboxylic acids is 1. The van der Waals surface area contributed by atoms with E-state index >= 15 is 0 Å². The average molecular weight is 208 g/mol. The molecule has 1 fully saturated rings.